The summed E-state index contributed by atoms with van der Waals surface area (Å²) in [4.78, 5) is 14.0. The highest BCUT2D eigenvalue weighted by Gasteiger charge is 2.16. The Morgan fingerprint density at radius 3 is 2.69 bits per heavy atom. The van der Waals surface area contributed by atoms with Crippen LogP contribution in [0.2, 0.25) is 0 Å². The number of aryl methyl sites for hydroxylation is 1. The highest BCUT2D eigenvalue weighted by molar-refractivity contribution is 7.13. The lowest BCUT2D eigenvalue weighted by molar-refractivity contribution is 0.539. The van der Waals surface area contributed by atoms with Gasteiger partial charge in [0, 0.05) is 40.3 Å². The van der Waals surface area contributed by atoms with Crippen molar-refractivity contribution in [2.75, 3.05) is 0 Å². The first-order chi connectivity index (χ1) is 12.8. The second kappa shape index (κ2) is 8.09. The van der Waals surface area contributed by atoms with Crippen LogP contribution in [0.4, 0.5) is 0 Å². The molecule has 4 rings (SSSR count). The Balaban J connectivity index is 1.49. The molecule has 0 bridgehead atoms. The van der Waals surface area contributed by atoms with Crippen molar-refractivity contribution in [3.05, 3.63) is 53.4 Å². The van der Waals surface area contributed by atoms with E-state index in [0.717, 1.165) is 52.7 Å². The Morgan fingerprint density at radius 1 is 1.04 bits per heavy atom. The largest absolute Gasteiger partial charge is 0.261 e. The van der Waals surface area contributed by atoms with E-state index in [0.29, 0.717) is 0 Å². The van der Waals surface area contributed by atoms with Gasteiger partial charge in [-0.2, -0.15) is 0 Å². The third-order valence-corrected chi connectivity index (χ3v) is 6.06. The van der Waals surface area contributed by atoms with Gasteiger partial charge in [-0.15, -0.1) is 11.3 Å². The first kappa shape index (κ1) is 17.3. The average molecular weight is 364 g/mol. The summed E-state index contributed by atoms with van der Waals surface area (Å²) in [6.45, 7) is 2.18. The fraction of sp³-hybridized carbons (Fsp3) is 0.409. The van der Waals surface area contributed by atoms with Crippen molar-refractivity contribution >= 4 is 11.3 Å². The summed E-state index contributed by atoms with van der Waals surface area (Å²) in [5.41, 5.74) is 5.63. The SMILES string of the molecule is CCCc1cc(-c2nc(-c3ccc(CC4CCCC4)nc3)cs2)ccn1. The van der Waals surface area contributed by atoms with Crippen LogP contribution in [0.5, 0.6) is 0 Å². The van der Waals surface area contributed by atoms with Gasteiger partial charge in [-0.1, -0.05) is 39.0 Å². The molecule has 0 N–H and O–H groups in total. The summed E-state index contributed by atoms with van der Waals surface area (Å²) in [7, 11) is 0. The molecule has 0 spiro atoms. The fourth-order valence-corrected chi connectivity index (χ4v) is 4.58. The van der Waals surface area contributed by atoms with Gasteiger partial charge in [0.1, 0.15) is 5.01 Å². The number of hydrogen-bond acceptors (Lipinski definition) is 4. The highest BCUT2D eigenvalue weighted by Crippen LogP contribution is 2.30. The van der Waals surface area contributed by atoms with Gasteiger partial charge in [-0.3, -0.25) is 9.97 Å². The summed E-state index contributed by atoms with van der Waals surface area (Å²) >= 11 is 1.69. The van der Waals surface area contributed by atoms with E-state index in [1.165, 1.54) is 31.4 Å². The second-order valence-electron chi connectivity index (χ2n) is 7.22. The fourth-order valence-electron chi connectivity index (χ4n) is 3.75. The topological polar surface area (TPSA) is 38.7 Å². The number of aromatic nitrogens is 3. The van der Waals surface area contributed by atoms with Crippen LogP contribution in [0.3, 0.4) is 0 Å². The van der Waals surface area contributed by atoms with Crippen LogP contribution >= 0.6 is 11.3 Å². The molecule has 0 amide bonds. The van der Waals surface area contributed by atoms with Gasteiger partial charge in [0.25, 0.3) is 0 Å². The maximum absolute atomic E-state index is 4.84. The monoisotopic (exact) mass is 363 g/mol. The minimum Gasteiger partial charge on any atom is -0.261 e. The lowest BCUT2D eigenvalue weighted by Crippen LogP contribution is -2.00. The summed E-state index contributed by atoms with van der Waals surface area (Å²) in [6, 6.07) is 8.56. The lowest BCUT2D eigenvalue weighted by atomic mass is 10.0. The van der Waals surface area contributed by atoms with Crippen LogP contribution in [0.25, 0.3) is 21.8 Å². The molecule has 0 aliphatic heterocycles. The summed E-state index contributed by atoms with van der Waals surface area (Å²) < 4.78 is 0. The molecule has 0 unspecified atom stereocenters. The van der Waals surface area contributed by atoms with Crippen molar-refractivity contribution in [1.29, 1.82) is 0 Å². The van der Waals surface area contributed by atoms with Gasteiger partial charge in [0.2, 0.25) is 0 Å². The molecule has 3 heterocycles. The number of pyridine rings is 2. The zero-order valence-electron chi connectivity index (χ0n) is 15.3. The van der Waals surface area contributed by atoms with Crippen molar-refractivity contribution in [3.8, 4) is 21.8 Å². The van der Waals surface area contributed by atoms with Gasteiger partial charge in [-0.05, 0) is 43.0 Å². The third-order valence-electron chi connectivity index (χ3n) is 5.17. The Bertz CT molecular complexity index is 848. The molecule has 3 aromatic rings. The van der Waals surface area contributed by atoms with Gasteiger partial charge in [-0.25, -0.2) is 4.98 Å². The van der Waals surface area contributed by atoms with Crippen LogP contribution in [-0.2, 0) is 12.8 Å². The third kappa shape index (κ3) is 4.01. The van der Waals surface area contributed by atoms with Crippen LogP contribution in [0.1, 0.15) is 50.4 Å². The number of rotatable bonds is 6. The van der Waals surface area contributed by atoms with E-state index in [1.54, 1.807) is 11.3 Å². The number of hydrogen-bond donors (Lipinski definition) is 0. The van der Waals surface area contributed by atoms with Crippen molar-refractivity contribution in [2.24, 2.45) is 5.92 Å². The van der Waals surface area contributed by atoms with Crippen LogP contribution in [0.15, 0.2) is 42.0 Å². The van der Waals surface area contributed by atoms with Crippen LogP contribution in [-0.4, -0.2) is 15.0 Å². The smallest absolute Gasteiger partial charge is 0.124 e. The maximum Gasteiger partial charge on any atom is 0.124 e. The molecular formula is C22H25N3S. The Kier molecular flexibility index (Phi) is 5.40. The highest BCUT2D eigenvalue weighted by atomic mass is 32.1. The Hall–Kier alpha value is -2.07. The van der Waals surface area contributed by atoms with Crippen LogP contribution < -0.4 is 0 Å². The maximum atomic E-state index is 4.84. The quantitative estimate of drug-likeness (QED) is 0.543. The van der Waals surface area contributed by atoms with Crippen molar-refractivity contribution < 1.29 is 0 Å². The van der Waals surface area contributed by atoms with Gasteiger partial charge in [0.05, 0.1) is 5.69 Å². The van der Waals surface area contributed by atoms with Gasteiger partial charge >= 0.3 is 0 Å². The Morgan fingerprint density at radius 2 is 1.92 bits per heavy atom. The van der Waals surface area contributed by atoms with E-state index in [-0.39, 0.29) is 0 Å². The van der Waals surface area contributed by atoms with E-state index in [9.17, 15) is 0 Å². The predicted molar refractivity (Wildman–Crippen MR) is 108 cm³/mol. The average Bonchev–Trinajstić information content (AvgIpc) is 3.35. The first-order valence-corrected chi connectivity index (χ1v) is 10.6. The molecule has 0 saturated heterocycles. The van der Waals surface area contributed by atoms with E-state index in [4.69, 9.17) is 9.97 Å². The normalized spacial score (nSPS) is 14.8. The standard InChI is InChI=1S/C22H25N3S/c1-2-5-19-13-17(10-11-23-19)22-25-21(15-26-22)18-8-9-20(24-14-18)12-16-6-3-4-7-16/h8-11,13-16H,2-7,12H2,1H3. The summed E-state index contributed by atoms with van der Waals surface area (Å²) in [5, 5.41) is 3.18. The van der Waals surface area contributed by atoms with Crippen molar-refractivity contribution in [1.82, 2.24) is 15.0 Å². The molecule has 0 radical (unpaired) electrons. The van der Waals surface area contributed by atoms with Gasteiger partial charge in [0.15, 0.2) is 0 Å². The molecule has 4 heteroatoms. The molecule has 1 aliphatic carbocycles. The van der Waals surface area contributed by atoms with E-state index >= 15 is 0 Å². The lowest BCUT2D eigenvalue weighted by Gasteiger charge is -2.08. The minimum absolute atomic E-state index is 0.836. The van der Waals surface area contributed by atoms with Gasteiger partial charge < -0.3 is 0 Å². The first-order valence-electron chi connectivity index (χ1n) is 9.68. The van der Waals surface area contributed by atoms with E-state index < -0.39 is 0 Å². The molecule has 26 heavy (non-hydrogen) atoms. The Labute approximate surface area is 159 Å². The van der Waals surface area contributed by atoms with Crippen molar-refractivity contribution in [2.45, 2.75) is 51.9 Å². The zero-order valence-corrected chi connectivity index (χ0v) is 16.1. The summed E-state index contributed by atoms with van der Waals surface area (Å²) in [6.07, 6.45) is 12.6. The molecule has 3 aromatic heterocycles. The number of nitrogens with zero attached hydrogens (tertiary/aromatic N) is 3. The molecule has 3 nitrogen and oxygen atoms in total. The van der Waals surface area contributed by atoms with Crippen LogP contribution in [0, 0.1) is 5.92 Å². The molecule has 0 aromatic carbocycles. The number of thiazole rings is 1. The van der Waals surface area contributed by atoms with E-state index in [2.05, 4.69) is 35.5 Å². The molecule has 0 atom stereocenters. The molecule has 134 valence electrons. The zero-order chi connectivity index (χ0) is 17.8. The molecule has 1 aliphatic rings. The van der Waals surface area contributed by atoms with Crippen molar-refractivity contribution in [3.63, 3.8) is 0 Å². The predicted octanol–water partition coefficient (Wildman–Crippen LogP) is 5.95. The molecule has 1 saturated carbocycles. The minimum atomic E-state index is 0.836. The second-order valence-corrected chi connectivity index (χ2v) is 8.07. The summed E-state index contributed by atoms with van der Waals surface area (Å²) in [5.74, 6) is 0.836. The molecule has 1 fully saturated rings. The molecular weight excluding hydrogens is 338 g/mol. The van der Waals surface area contributed by atoms with E-state index in [1.807, 2.05) is 18.5 Å².